The summed E-state index contributed by atoms with van der Waals surface area (Å²) in [7, 11) is 1.87. The maximum Gasteiger partial charge on any atom is 0.434 e. The number of nitrogens with one attached hydrogen (secondary N) is 1. The molecular formula is C20H20ClF3N6O2S. The van der Waals surface area contributed by atoms with Crippen LogP contribution in [-0.4, -0.2) is 64.8 Å². The van der Waals surface area contributed by atoms with Gasteiger partial charge in [-0.05, 0) is 19.2 Å². The molecule has 176 valence electrons. The number of fused-ring (bicyclic) bond motifs is 1. The Morgan fingerprint density at radius 2 is 1.82 bits per heavy atom. The monoisotopic (exact) mass is 500 g/mol. The summed E-state index contributed by atoms with van der Waals surface area (Å²) in [6.07, 6.45) is -4.11. The van der Waals surface area contributed by atoms with Gasteiger partial charge in [-0.25, -0.2) is 9.97 Å². The van der Waals surface area contributed by atoms with Crippen LogP contribution in [0.15, 0.2) is 40.4 Å². The number of nitrogens with zero attached hydrogens (tertiary/aromatic N) is 4. The summed E-state index contributed by atoms with van der Waals surface area (Å²) in [6, 6.07) is 7.11. The molecular weight excluding hydrogens is 481 g/mol. The number of primary amides is 1. The Labute approximate surface area is 197 Å². The SMILES string of the molecule is CN1CCN(C(=O)c2cnc(/C(C(N)=O)=C3/Nc4ccccc4S3)nc2C(F)(F)F)CC1.Cl. The first-order valence-electron chi connectivity index (χ1n) is 9.65. The van der Waals surface area contributed by atoms with Crippen LogP contribution in [0.2, 0.25) is 0 Å². The highest BCUT2D eigenvalue weighted by atomic mass is 35.5. The normalized spacial score (nSPS) is 17.6. The van der Waals surface area contributed by atoms with Gasteiger partial charge in [-0.15, -0.1) is 12.4 Å². The summed E-state index contributed by atoms with van der Waals surface area (Å²) in [5.41, 5.74) is 3.83. The van der Waals surface area contributed by atoms with Gasteiger partial charge in [0.25, 0.3) is 11.8 Å². The lowest BCUT2D eigenvalue weighted by Crippen LogP contribution is -2.47. The number of piperazine rings is 1. The van der Waals surface area contributed by atoms with Crippen LogP contribution in [0, 0.1) is 0 Å². The summed E-state index contributed by atoms with van der Waals surface area (Å²) in [4.78, 5) is 36.6. The molecule has 13 heteroatoms. The molecule has 0 spiro atoms. The molecule has 2 aliphatic rings. The van der Waals surface area contributed by atoms with Crippen LogP contribution in [0.5, 0.6) is 0 Å². The van der Waals surface area contributed by atoms with Crippen molar-refractivity contribution < 1.29 is 22.8 Å². The molecule has 1 fully saturated rings. The fraction of sp³-hybridized carbons (Fsp3) is 0.300. The number of benzene rings is 1. The second-order valence-electron chi connectivity index (χ2n) is 7.34. The largest absolute Gasteiger partial charge is 0.434 e. The molecule has 0 atom stereocenters. The Bertz CT molecular complexity index is 1090. The van der Waals surface area contributed by atoms with Gasteiger partial charge in [0.05, 0.1) is 16.3 Å². The molecule has 0 saturated carbocycles. The summed E-state index contributed by atoms with van der Waals surface area (Å²) >= 11 is 1.14. The van der Waals surface area contributed by atoms with Crippen molar-refractivity contribution in [2.24, 2.45) is 5.73 Å². The first-order valence-corrected chi connectivity index (χ1v) is 10.5. The Kier molecular flexibility index (Phi) is 7.20. The van der Waals surface area contributed by atoms with Crippen LogP contribution >= 0.6 is 24.2 Å². The second kappa shape index (κ2) is 9.57. The Morgan fingerprint density at radius 3 is 2.42 bits per heavy atom. The third-order valence-electron chi connectivity index (χ3n) is 5.12. The maximum absolute atomic E-state index is 13.9. The number of thioether (sulfide) groups is 1. The smallest absolute Gasteiger partial charge is 0.365 e. The molecule has 2 aliphatic heterocycles. The van der Waals surface area contributed by atoms with Crippen molar-refractivity contribution in [3.05, 3.63) is 52.6 Å². The summed E-state index contributed by atoms with van der Waals surface area (Å²) in [5.74, 6) is -2.28. The van der Waals surface area contributed by atoms with E-state index in [1.54, 1.807) is 24.3 Å². The lowest BCUT2D eigenvalue weighted by atomic mass is 10.1. The van der Waals surface area contributed by atoms with E-state index in [0.717, 1.165) is 22.9 Å². The predicted molar refractivity (Wildman–Crippen MR) is 120 cm³/mol. The Morgan fingerprint density at radius 1 is 1.15 bits per heavy atom. The topological polar surface area (TPSA) is 104 Å². The number of hydrogen-bond acceptors (Lipinski definition) is 7. The first-order chi connectivity index (χ1) is 15.1. The number of carbonyl (C=O) groups is 2. The maximum atomic E-state index is 13.9. The minimum Gasteiger partial charge on any atom is -0.365 e. The van der Waals surface area contributed by atoms with Crippen molar-refractivity contribution >= 4 is 47.2 Å². The van der Waals surface area contributed by atoms with Gasteiger partial charge in [0.1, 0.15) is 5.57 Å². The van der Waals surface area contributed by atoms with Crippen molar-refractivity contribution in [2.75, 3.05) is 38.5 Å². The number of anilines is 1. The average molecular weight is 501 g/mol. The molecule has 33 heavy (non-hydrogen) atoms. The fourth-order valence-corrected chi connectivity index (χ4v) is 4.46. The molecule has 3 N–H and O–H groups in total. The van der Waals surface area contributed by atoms with E-state index in [-0.39, 0.29) is 23.0 Å². The summed E-state index contributed by atoms with van der Waals surface area (Å²) < 4.78 is 41.6. The van der Waals surface area contributed by atoms with Crippen LogP contribution in [0.3, 0.4) is 0 Å². The average Bonchev–Trinajstić information content (AvgIpc) is 3.16. The minimum atomic E-state index is -4.93. The molecule has 0 aliphatic carbocycles. The van der Waals surface area contributed by atoms with Crippen molar-refractivity contribution in [1.82, 2.24) is 19.8 Å². The van der Waals surface area contributed by atoms with Crippen LogP contribution in [-0.2, 0) is 11.0 Å². The first kappa shape index (κ1) is 24.8. The van der Waals surface area contributed by atoms with Crippen molar-refractivity contribution in [2.45, 2.75) is 11.1 Å². The molecule has 3 heterocycles. The van der Waals surface area contributed by atoms with Crippen molar-refractivity contribution in [1.29, 1.82) is 0 Å². The highest BCUT2D eigenvalue weighted by Crippen LogP contribution is 2.43. The van der Waals surface area contributed by atoms with E-state index in [9.17, 15) is 22.8 Å². The van der Waals surface area contributed by atoms with Gasteiger partial charge in [0.2, 0.25) is 0 Å². The van der Waals surface area contributed by atoms with Gasteiger partial charge in [-0.2, -0.15) is 13.2 Å². The van der Waals surface area contributed by atoms with E-state index < -0.39 is 35.1 Å². The van der Waals surface area contributed by atoms with E-state index in [1.807, 2.05) is 11.9 Å². The van der Waals surface area contributed by atoms with Gasteiger partial charge in [0, 0.05) is 37.3 Å². The highest BCUT2D eigenvalue weighted by molar-refractivity contribution is 8.04. The lowest BCUT2D eigenvalue weighted by Gasteiger charge is -2.32. The number of carbonyl (C=O) groups excluding carboxylic acids is 2. The van der Waals surface area contributed by atoms with Crippen molar-refractivity contribution in [3.63, 3.8) is 0 Å². The standard InChI is InChI=1S/C20H19F3N6O2S.ClH/c1-28-6-8-29(9-7-28)19(31)11-10-25-17(27-15(11)20(21,22)23)14(16(24)30)18-26-12-4-2-3-5-13(12)32-18;/h2-5,10,26H,6-9H2,1H3,(H2,24,30);1H/b18-14-;. The molecule has 2 aromatic rings. The number of nitrogens with two attached hydrogens (primary N) is 1. The number of amides is 2. The predicted octanol–water partition coefficient (Wildman–Crippen LogP) is 2.68. The fourth-order valence-electron chi connectivity index (χ4n) is 3.41. The van der Waals surface area contributed by atoms with E-state index >= 15 is 0 Å². The molecule has 8 nitrogen and oxygen atoms in total. The van der Waals surface area contributed by atoms with E-state index in [1.165, 1.54) is 4.90 Å². The van der Waals surface area contributed by atoms with E-state index in [0.29, 0.717) is 31.9 Å². The summed E-state index contributed by atoms with van der Waals surface area (Å²) in [5, 5.41) is 3.19. The number of halogens is 4. The van der Waals surface area contributed by atoms with Crippen LogP contribution in [0.25, 0.3) is 5.57 Å². The number of likely N-dealkylation sites (N-methyl/N-ethyl adjacent to an activating group) is 1. The quantitative estimate of drug-likeness (QED) is 0.624. The number of aromatic nitrogens is 2. The Balaban J connectivity index is 0.00000306. The van der Waals surface area contributed by atoms with Crippen LogP contribution in [0.1, 0.15) is 21.9 Å². The number of rotatable bonds is 3. The number of para-hydroxylation sites is 1. The molecule has 0 bridgehead atoms. The highest BCUT2D eigenvalue weighted by Gasteiger charge is 2.40. The Hall–Kier alpha value is -2.83. The molecule has 0 radical (unpaired) electrons. The number of alkyl halides is 3. The zero-order valence-electron chi connectivity index (χ0n) is 17.3. The minimum absolute atomic E-state index is 0. The molecule has 4 rings (SSSR count). The van der Waals surface area contributed by atoms with Gasteiger partial charge in [0.15, 0.2) is 11.5 Å². The van der Waals surface area contributed by atoms with Crippen LogP contribution in [0.4, 0.5) is 18.9 Å². The van der Waals surface area contributed by atoms with E-state index in [4.69, 9.17) is 5.73 Å². The second-order valence-corrected chi connectivity index (χ2v) is 8.39. The molecule has 1 aromatic carbocycles. The molecule has 1 saturated heterocycles. The van der Waals surface area contributed by atoms with Gasteiger partial charge >= 0.3 is 6.18 Å². The summed E-state index contributed by atoms with van der Waals surface area (Å²) in [6.45, 7) is 1.69. The van der Waals surface area contributed by atoms with Crippen molar-refractivity contribution in [3.8, 4) is 0 Å². The van der Waals surface area contributed by atoms with Gasteiger partial charge < -0.3 is 20.9 Å². The molecule has 2 amide bonds. The van der Waals surface area contributed by atoms with E-state index in [2.05, 4.69) is 15.3 Å². The van der Waals surface area contributed by atoms with Gasteiger partial charge in [-0.1, -0.05) is 23.9 Å². The lowest BCUT2D eigenvalue weighted by molar-refractivity contribution is -0.141. The third-order valence-corrected chi connectivity index (χ3v) is 6.21. The molecule has 0 unspecified atom stereocenters. The third kappa shape index (κ3) is 5.07. The number of hydrogen-bond donors (Lipinski definition) is 2. The zero-order chi connectivity index (χ0) is 23.0. The van der Waals surface area contributed by atoms with Gasteiger partial charge in [-0.3, -0.25) is 9.59 Å². The van der Waals surface area contributed by atoms with Crippen LogP contribution < -0.4 is 11.1 Å². The molecule has 1 aromatic heterocycles. The zero-order valence-corrected chi connectivity index (χ0v) is 19.0.